The largest absolute Gasteiger partial charge is 0.481 e. The molecule has 0 radical (unpaired) electrons. The van der Waals surface area contributed by atoms with E-state index in [0.717, 1.165) is 10.1 Å². The van der Waals surface area contributed by atoms with Gasteiger partial charge in [-0.15, -0.1) is 0 Å². The van der Waals surface area contributed by atoms with Crippen LogP contribution >= 0.6 is 22.6 Å². The molecule has 1 rings (SSSR count). The maximum atomic E-state index is 4.94. The number of pyridine rings is 1. The summed E-state index contributed by atoms with van der Waals surface area (Å²) in [5.41, 5.74) is 1.06. The molecule has 0 aliphatic rings. The molecule has 1 aromatic rings. The van der Waals surface area contributed by atoms with Gasteiger partial charge in [0.1, 0.15) is 0 Å². The minimum Gasteiger partial charge on any atom is -0.481 e. The second kappa shape index (κ2) is 3.75. The summed E-state index contributed by atoms with van der Waals surface area (Å²) in [7, 11) is 1.62. The third-order valence-electron chi connectivity index (χ3n) is 1.13. The van der Waals surface area contributed by atoms with Crippen LogP contribution in [0.4, 0.5) is 0 Å². The monoisotopic (exact) mass is 249 g/mol. The Morgan fingerprint density at radius 1 is 1.60 bits per heavy atom. The molecular weight excluding hydrogens is 241 g/mol. The molecule has 0 spiro atoms. The van der Waals surface area contributed by atoms with Gasteiger partial charge in [0.25, 0.3) is 0 Å². The minimum absolute atomic E-state index is 0.689. The molecule has 0 N–H and O–H groups in total. The Morgan fingerprint density at radius 3 is 3.00 bits per heavy atom. The topological polar surface area (TPSA) is 22.1 Å². The van der Waals surface area contributed by atoms with Crippen molar-refractivity contribution in [3.05, 3.63) is 23.9 Å². The van der Waals surface area contributed by atoms with Crippen LogP contribution in [-0.2, 0) is 4.43 Å². The fraction of sp³-hybridized carbons (Fsp3) is 0.286. The second-order valence-corrected chi connectivity index (χ2v) is 2.57. The van der Waals surface area contributed by atoms with Gasteiger partial charge in [-0.1, -0.05) is 28.7 Å². The molecule has 0 atom stereocenters. The van der Waals surface area contributed by atoms with Crippen molar-refractivity contribution < 1.29 is 4.74 Å². The molecule has 0 aromatic carbocycles. The van der Waals surface area contributed by atoms with Gasteiger partial charge in [0, 0.05) is 10.5 Å². The number of rotatable bonds is 2. The van der Waals surface area contributed by atoms with Gasteiger partial charge >= 0.3 is 0 Å². The van der Waals surface area contributed by atoms with Gasteiger partial charge in [-0.05, 0) is 6.07 Å². The molecule has 0 aliphatic heterocycles. The van der Waals surface area contributed by atoms with Crippen molar-refractivity contribution in [2.24, 2.45) is 0 Å². The van der Waals surface area contributed by atoms with E-state index in [1.807, 2.05) is 18.2 Å². The first-order valence-corrected chi connectivity index (χ1v) is 4.45. The fourth-order valence-corrected chi connectivity index (χ4v) is 1.07. The highest BCUT2D eigenvalue weighted by atomic mass is 127. The van der Waals surface area contributed by atoms with Crippen molar-refractivity contribution in [3.63, 3.8) is 0 Å². The lowest BCUT2D eigenvalue weighted by molar-refractivity contribution is 0.397. The van der Waals surface area contributed by atoms with Gasteiger partial charge in [0.05, 0.1) is 12.8 Å². The maximum absolute atomic E-state index is 4.94. The molecule has 3 heteroatoms. The van der Waals surface area contributed by atoms with Crippen molar-refractivity contribution in [1.82, 2.24) is 4.98 Å². The molecule has 10 heavy (non-hydrogen) atoms. The molecule has 0 fully saturated rings. The first-order valence-electron chi connectivity index (χ1n) is 2.92. The Balaban J connectivity index is 2.87. The van der Waals surface area contributed by atoms with Crippen LogP contribution in [0, 0.1) is 0 Å². The lowest BCUT2D eigenvalue weighted by Gasteiger charge is -1.98. The average molecular weight is 249 g/mol. The molecule has 1 aromatic heterocycles. The van der Waals surface area contributed by atoms with Crippen LogP contribution in [0.1, 0.15) is 5.69 Å². The third-order valence-corrected chi connectivity index (χ3v) is 1.91. The SMILES string of the molecule is COc1cccc(CI)n1. The molecule has 1 heterocycles. The van der Waals surface area contributed by atoms with E-state index in [2.05, 4.69) is 27.6 Å². The minimum atomic E-state index is 0.689. The average Bonchev–Trinajstić information content (AvgIpc) is 2.05. The highest BCUT2D eigenvalue weighted by molar-refractivity contribution is 14.1. The van der Waals surface area contributed by atoms with Crippen LogP contribution in [0.15, 0.2) is 18.2 Å². The number of methoxy groups -OCH3 is 1. The highest BCUT2D eigenvalue weighted by Crippen LogP contribution is 2.08. The molecule has 0 unspecified atom stereocenters. The van der Waals surface area contributed by atoms with Crippen molar-refractivity contribution in [2.75, 3.05) is 7.11 Å². The lowest BCUT2D eigenvalue weighted by Crippen LogP contribution is -1.89. The summed E-state index contributed by atoms with van der Waals surface area (Å²) in [6, 6.07) is 5.77. The summed E-state index contributed by atoms with van der Waals surface area (Å²) >= 11 is 2.27. The number of ether oxygens (including phenoxy) is 1. The fourth-order valence-electron chi connectivity index (χ4n) is 0.646. The zero-order valence-corrected chi connectivity index (χ0v) is 7.83. The highest BCUT2D eigenvalue weighted by Gasteiger charge is 1.92. The number of nitrogens with zero attached hydrogens (tertiary/aromatic N) is 1. The van der Waals surface area contributed by atoms with Crippen molar-refractivity contribution in [2.45, 2.75) is 4.43 Å². The lowest BCUT2D eigenvalue weighted by atomic mass is 10.4. The van der Waals surface area contributed by atoms with Crippen LogP contribution in [0.3, 0.4) is 0 Å². The maximum Gasteiger partial charge on any atom is 0.213 e. The van der Waals surface area contributed by atoms with Crippen LogP contribution in [0.5, 0.6) is 5.88 Å². The van der Waals surface area contributed by atoms with E-state index in [4.69, 9.17) is 4.74 Å². The Bertz CT molecular complexity index is 195. The number of aromatic nitrogens is 1. The van der Waals surface area contributed by atoms with Crippen LogP contribution < -0.4 is 4.74 Å². The van der Waals surface area contributed by atoms with Gasteiger partial charge in [-0.2, -0.15) is 0 Å². The van der Waals surface area contributed by atoms with E-state index in [1.165, 1.54) is 0 Å². The van der Waals surface area contributed by atoms with Crippen LogP contribution in [0.25, 0.3) is 0 Å². The number of hydrogen-bond acceptors (Lipinski definition) is 2. The smallest absolute Gasteiger partial charge is 0.213 e. The van der Waals surface area contributed by atoms with Gasteiger partial charge in [-0.25, -0.2) is 4.98 Å². The predicted molar refractivity (Wildman–Crippen MR) is 48.5 cm³/mol. The van der Waals surface area contributed by atoms with Crippen molar-refractivity contribution in [3.8, 4) is 5.88 Å². The van der Waals surface area contributed by atoms with Gasteiger partial charge in [0.2, 0.25) is 5.88 Å². The van der Waals surface area contributed by atoms with E-state index < -0.39 is 0 Å². The van der Waals surface area contributed by atoms with E-state index in [-0.39, 0.29) is 0 Å². The standard InChI is InChI=1S/C7H8INO/c1-10-7-4-2-3-6(5-8)9-7/h2-4H,5H2,1H3. The number of alkyl halides is 1. The van der Waals surface area contributed by atoms with Crippen molar-refractivity contribution >= 4 is 22.6 Å². The zero-order valence-electron chi connectivity index (χ0n) is 5.67. The van der Waals surface area contributed by atoms with Crippen molar-refractivity contribution in [1.29, 1.82) is 0 Å². The second-order valence-electron chi connectivity index (χ2n) is 1.80. The molecule has 0 bridgehead atoms. The van der Waals surface area contributed by atoms with Gasteiger partial charge < -0.3 is 4.74 Å². The number of halogens is 1. The van der Waals surface area contributed by atoms with E-state index in [0.29, 0.717) is 5.88 Å². The van der Waals surface area contributed by atoms with E-state index >= 15 is 0 Å². The summed E-state index contributed by atoms with van der Waals surface area (Å²) in [5.74, 6) is 0.689. The molecule has 0 amide bonds. The summed E-state index contributed by atoms with van der Waals surface area (Å²) < 4.78 is 5.87. The zero-order chi connectivity index (χ0) is 7.40. The Morgan fingerprint density at radius 2 is 2.40 bits per heavy atom. The molecule has 0 saturated heterocycles. The van der Waals surface area contributed by atoms with Gasteiger partial charge in [0.15, 0.2) is 0 Å². The molecular formula is C7H8INO. The molecule has 0 saturated carbocycles. The summed E-state index contributed by atoms with van der Waals surface area (Å²) in [6.45, 7) is 0. The Labute approximate surface area is 73.8 Å². The first kappa shape index (κ1) is 7.78. The summed E-state index contributed by atoms with van der Waals surface area (Å²) in [6.07, 6.45) is 0. The van der Waals surface area contributed by atoms with Crippen LogP contribution in [-0.4, -0.2) is 12.1 Å². The molecule has 2 nitrogen and oxygen atoms in total. The normalized spacial score (nSPS) is 9.40. The van der Waals surface area contributed by atoms with E-state index in [9.17, 15) is 0 Å². The summed E-state index contributed by atoms with van der Waals surface area (Å²) in [4.78, 5) is 4.18. The first-order chi connectivity index (χ1) is 4.86. The Hall–Kier alpha value is -0.320. The molecule has 54 valence electrons. The molecule has 0 aliphatic carbocycles. The number of hydrogen-bond donors (Lipinski definition) is 0. The summed E-state index contributed by atoms with van der Waals surface area (Å²) in [5, 5.41) is 0. The van der Waals surface area contributed by atoms with Gasteiger partial charge in [-0.3, -0.25) is 0 Å². The van der Waals surface area contributed by atoms with Crippen LogP contribution in [0.2, 0.25) is 0 Å². The third kappa shape index (κ3) is 1.83. The quantitative estimate of drug-likeness (QED) is 0.591. The Kier molecular flexibility index (Phi) is 2.92. The van der Waals surface area contributed by atoms with E-state index in [1.54, 1.807) is 7.11 Å². The predicted octanol–water partition coefficient (Wildman–Crippen LogP) is 2.03.